The third-order valence-corrected chi connectivity index (χ3v) is 6.99. The number of benzene rings is 3. The number of aromatic nitrogens is 1. The molecule has 0 saturated carbocycles. The molecule has 1 aliphatic rings. The molecule has 1 unspecified atom stereocenters. The Balaban J connectivity index is 0.00000259. The molecule has 1 amide bonds. The van der Waals surface area contributed by atoms with Gasteiger partial charge in [0.1, 0.15) is 0 Å². The van der Waals surface area contributed by atoms with Crippen molar-refractivity contribution in [1.82, 2.24) is 9.88 Å². The zero-order valence-corrected chi connectivity index (χ0v) is 21.2. The van der Waals surface area contributed by atoms with E-state index >= 15 is 0 Å². The molecule has 1 aliphatic heterocycles. The summed E-state index contributed by atoms with van der Waals surface area (Å²) in [7, 11) is 0. The molecule has 0 bridgehead atoms. The van der Waals surface area contributed by atoms with Gasteiger partial charge in [0, 0.05) is 24.3 Å². The molecule has 4 nitrogen and oxygen atoms in total. The van der Waals surface area contributed by atoms with Crippen LogP contribution >= 0.6 is 28.3 Å². The van der Waals surface area contributed by atoms with Crippen LogP contribution in [0.1, 0.15) is 35.7 Å². The predicted octanol–water partition coefficient (Wildman–Crippen LogP) is 7.03. The summed E-state index contributed by atoms with van der Waals surface area (Å²) in [6.07, 6.45) is 2.54. The van der Waals surface area contributed by atoms with Crippen molar-refractivity contribution in [3.8, 4) is 11.1 Å². The number of anilines is 1. The van der Waals surface area contributed by atoms with E-state index in [2.05, 4.69) is 58.5 Å². The van der Waals surface area contributed by atoms with Crippen molar-refractivity contribution in [1.29, 1.82) is 0 Å². The predicted molar refractivity (Wildman–Crippen MR) is 143 cm³/mol. The zero-order valence-electron chi connectivity index (χ0n) is 18.7. The lowest BCUT2D eigenvalue weighted by Gasteiger charge is -2.31. The Bertz CT molecular complexity index is 1240. The van der Waals surface area contributed by atoms with Gasteiger partial charge in [0.15, 0.2) is 0 Å². The maximum absolute atomic E-state index is 13.1. The highest BCUT2D eigenvalue weighted by Crippen LogP contribution is 2.28. The number of piperidine rings is 1. The number of hydrogen-bond donors (Lipinski definition) is 1. The Hall–Kier alpha value is -2.54. The first-order valence-electron chi connectivity index (χ1n) is 11.2. The Kier molecular flexibility index (Phi) is 7.58. The van der Waals surface area contributed by atoms with E-state index in [9.17, 15) is 4.79 Å². The molecule has 33 heavy (non-hydrogen) atoms. The summed E-state index contributed by atoms with van der Waals surface area (Å²) >= 11 is 1.60. The van der Waals surface area contributed by atoms with Crippen LogP contribution in [0.15, 0.2) is 72.2 Å². The van der Waals surface area contributed by atoms with Crippen molar-refractivity contribution in [3.05, 3.63) is 83.4 Å². The van der Waals surface area contributed by atoms with E-state index in [0.29, 0.717) is 5.56 Å². The molecule has 0 radical (unpaired) electrons. The number of amides is 1. The average Bonchev–Trinajstić information content (AvgIpc) is 3.27. The molecule has 1 saturated heterocycles. The minimum atomic E-state index is -0.0903. The average molecular weight is 523 g/mol. The van der Waals surface area contributed by atoms with E-state index in [1.165, 1.54) is 29.5 Å². The first kappa shape index (κ1) is 23.6. The summed E-state index contributed by atoms with van der Waals surface area (Å²) in [6, 6.07) is 22.4. The molecule has 1 fully saturated rings. The second-order valence-electron chi connectivity index (χ2n) is 8.71. The van der Waals surface area contributed by atoms with Gasteiger partial charge in [0.25, 0.3) is 5.91 Å². The molecule has 6 heteroatoms. The summed E-state index contributed by atoms with van der Waals surface area (Å²) in [5, 5.41) is 3.05. The minimum Gasteiger partial charge on any atom is -0.322 e. The second-order valence-corrected chi connectivity index (χ2v) is 9.60. The third kappa shape index (κ3) is 5.52. The van der Waals surface area contributed by atoms with Crippen LogP contribution in [0.5, 0.6) is 0 Å². The van der Waals surface area contributed by atoms with Crippen molar-refractivity contribution in [3.63, 3.8) is 0 Å². The van der Waals surface area contributed by atoms with Gasteiger partial charge in [0.05, 0.1) is 15.7 Å². The van der Waals surface area contributed by atoms with E-state index in [-0.39, 0.29) is 22.9 Å². The number of thiazole rings is 1. The van der Waals surface area contributed by atoms with Crippen molar-refractivity contribution < 1.29 is 4.79 Å². The first-order chi connectivity index (χ1) is 15.7. The molecular weight excluding hydrogens is 494 g/mol. The highest BCUT2D eigenvalue weighted by Gasteiger charge is 2.19. The summed E-state index contributed by atoms with van der Waals surface area (Å²) in [6.45, 7) is 5.41. The van der Waals surface area contributed by atoms with E-state index in [1.807, 2.05) is 35.8 Å². The molecule has 2 heterocycles. The Morgan fingerprint density at radius 1 is 1.12 bits per heavy atom. The lowest BCUT2D eigenvalue weighted by atomic mass is 9.95. The van der Waals surface area contributed by atoms with E-state index in [0.717, 1.165) is 41.5 Å². The van der Waals surface area contributed by atoms with Crippen LogP contribution < -0.4 is 5.32 Å². The first-order valence-corrected chi connectivity index (χ1v) is 12.1. The highest BCUT2D eigenvalue weighted by molar-refractivity contribution is 8.93. The highest BCUT2D eigenvalue weighted by atomic mass is 79.9. The smallest absolute Gasteiger partial charge is 0.255 e. The summed E-state index contributed by atoms with van der Waals surface area (Å²) in [4.78, 5) is 20.0. The van der Waals surface area contributed by atoms with Gasteiger partial charge in [0.2, 0.25) is 0 Å². The van der Waals surface area contributed by atoms with Gasteiger partial charge in [-0.1, -0.05) is 43.3 Å². The lowest BCUT2D eigenvalue weighted by molar-refractivity contribution is 0.102. The number of likely N-dealkylation sites (tertiary alicyclic amines) is 1. The summed E-state index contributed by atoms with van der Waals surface area (Å²) in [5.74, 6) is 0.628. The van der Waals surface area contributed by atoms with Gasteiger partial charge < -0.3 is 5.32 Å². The SMILES string of the molecule is Br.CC1CCCN(Cc2cc(C(=O)Nc3ccc4scnc4c3)ccc2-c2ccccc2)C1. The topological polar surface area (TPSA) is 45.2 Å². The van der Waals surface area contributed by atoms with Crippen molar-refractivity contribution >= 4 is 50.1 Å². The van der Waals surface area contributed by atoms with Crippen LogP contribution in [0, 0.1) is 5.92 Å². The number of nitrogens with zero attached hydrogens (tertiary/aromatic N) is 2. The van der Waals surface area contributed by atoms with Crippen LogP contribution in [-0.4, -0.2) is 28.9 Å². The maximum atomic E-state index is 13.1. The number of fused-ring (bicyclic) bond motifs is 1. The number of carbonyl (C=O) groups excluding carboxylic acids is 1. The van der Waals surface area contributed by atoms with Crippen molar-refractivity contribution in [2.75, 3.05) is 18.4 Å². The van der Waals surface area contributed by atoms with Crippen LogP contribution in [0.2, 0.25) is 0 Å². The van der Waals surface area contributed by atoms with Crippen LogP contribution in [0.4, 0.5) is 5.69 Å². The fourth-order valence-electron chi connectivity index (χ4n) is 4.58. The van der Waals surface area contributed by atoms with E-state index < -0.39 is 0 Å². The molecule has 1 N–H and O–H groups in total. The lowest BCUT2D eigenvalue weighted by Crippen LogP contribution is -2.33. The minimum absolute atomic E-state index is 0. The number of hydrogen-bond acceptors (Lipinski definition) is 4. The normalized spacial score (nSPS) is 16.3. The van der Waals surface area contributed by atoms with Crippen LogP contribution in [0.25, 0.3) is 21.3 Å². The standard InChI is InChI=1S/C27H27N3OS.BrH/c1-19-6-5-13-30(16-19)17-22-14-21(9-11-24(22)20-7-3-2-4-8-20)27(31)29-23-10-12-26-25(15-23)28-18-32-26;/h2-4,7-12,14-15,18-19H,5-6,13,16-17H2,1H3,(H,29,31);1H. The van der Waals surface area contributed by atoms with E-state index in [1.54, 1.807) is 11.3 Å². The van der Waals surface area contributed by atoms with Gasteiger partial charge in [-0.05, 0) is 72.3 Å². The number of rotatable bonds is 5. The van der Waals surface area contributed by atoms with Gasteiger partial charge in [-0.25, -0.2) is 4.98 Å². The monoisotopic (exact) mass is 521 g/mol. The maximum Gasteiger partial charge on any atom is 0.255 e. The van der Waals surface area contributed by atoms with Crippen molar-refractivity contribution in [2.24, 2.45) is 5.92 Å². The molecule has 4 aromatic rings. The third-order valence-electron chi connectivity index (χ3n) is 6.18. The fraction of sp³-hybridized carbons (Fsp3) is 0.259. The molecule has 3 aromatic carbocycles. The van der Waals surface area contributed by atoms with Gasteiger partial charge in [-0.15, -0.1) is 28.3 Å². The van der Waals surface area contributed by atoms with Gasteiger partial charge >= 0.3 is 0 Å². The Labute approximate surface area is 209 Å². The molecule has 0 spiro atoms. The molecule has 0 aliphatic carbocycles. The molecule has 1 atom stereocenters. The van der Waals surface area contributed by atoms with Crippen molar-refractivity contribution in [2.45, 2.75) is 26.3 Å². The zero-order chi connectivity index (χ0) is 21.9. The van der Waals surface area contributed by atoms with Gasteiger partial charge in [-0.3, -0.25) is 9.69 Å². The number of nitrogens with one attached hydrogen (secondary N) is 1. The van der Waals surface area contributed by atoms with Crippen LogP contribution in [0.3, 0.4) is 0 Å². The molecule has 1 aromatic heterocycles. The van der Waals surface area contributed by atoms with Crippen LogP contribution in [-0.2, 0) is 6.54 Å². The quantitative estimate of drug-likeness (QED) is 0.306. The van der Waals surface area contributed by atoms with Gasteiger partial charge in [-0.2, -0.15) is 0 Å². The molecule has 5 rings (SSSR count). The number of halogens is 1. The Morgan fingerprint density at radius 3 is 2.79 bits per heavy atom. The molecule has 170 valence electrons. The summed E-state index contributed by atoms with van der Waals surface area (Å²) in [5.41, 5.74) is 7.78. The largest absolute Gasteiger partial charge is 0.322 e. The molecular formula is C27H28BrN3OS. The number of carbonyl (C=O) groups is 1. The van der Waals surface area contributed by atoms with E-state index in [4.69, 9.17) is 0 Å². The Morgan fingerprint density at radius 2 is 1.97 bits per heavy atom. The summed E-state index contributed by atoms with van der Waals surface area (Å²) < 4.78 is 1.12. The second kappa shape index (κ2) is 10.6. The fourth-order valence-corrected chi connectivity index (χ4v) is 5.23.